The number of sulfonamides is 2. The molecule has 0 spiro atoms. The standard InChI is InChI=1S/2C18H15ClN2O6S2/c2*1-9-5-13-14(26-8-25-13)7-11(9)6-12(22)17-15(3-4-28-17)29(23,24)21-18-16(19)10(2)20-27-18/h2*3-5,7,21H,6,8H2,1-2H3/i2*1D3,2D3,6D2,8D2/hD2. The fraction of sp³-hybridized carbons (Fsp3) is 0.222. The molecule has 0 radical (unpaired) electrons. The Hall–Kier alpha value is -5.12. The molecule has 6 heterocycles. The monoisotopic (exact) mass is 930 g/mol. The van der Waals surface area contributed by atoms with Crippen LogP contribution in [0.3, 0.4) is 0 Å². The topological polar surface area (TPSA) is 215 Å². The molecule has 2 N–H and O–H groups in total. The van der Waals surface area contributed by atoms with Gasteiger partial charge in [-0.15, -0.1) is 22.7 Å². The molecule has 16 nitrogen and oxygen atoms in total. The van der Waals surface area contributed by atoms with Gasteiger partial charge in [0.05, 0.1) is 9.75 Å². The summed E-state index contributed by atoms with van der Waals surface area (Å²) in [5.41, 5.74) is -4.62. The molecule has 2 aliphatic heterocycles. The quantitative estimate of drug-likeness (QED) is 0.112. The lowest BCUT2D eigenvalue weighted by Crippen LogP contribution is -2.16. The number of fused-ring (bicyclic) bond motifs is 2. The van der Waals surface area contributed by atoms with E-state index in [1.165, 1.54) is 0 Å². The van der Waals surface area contributed by atoms with Crippen molar-refractivity contribution in [2.45, 2.75) is 49.9 Å². The van der Waals surface area contributed by atoms with E-state index in [-0.39, 0.29) is 20.9 Å². The molecule has 0 saturated carbocycles. The predicted molar refractivity (Wildman–Crippen MR) is 213 cm³/mol. The van der Waals surface area contributed by atoms with E-state index in [1.54, 1.807) is 0 Å². The van der Waals surface area contributed by atoms with Gasteiger partial charge in [-0.1, -0.05) is 33.5 Å². The van der Waals surface area contributed by atoms with E-state index in [0.29, 0.717) is 22.7 Å². The van der Waals surface area contributed by atoms with Crippen LogP contribution < -0.4 is 28.4 Å². The van der Waals surface area contributed by atoms with Gasteiger partial charge in [0.15, 0.2) is 37.4 Å². The Morgan fingerprint density at radius 1 is 0.724 bits per heavy atom. The van der Waals surface area contributed by atoms with Crippen LogP contribution in [-0.4, -0.2) is 52.2 Å². The van der Waals surface area contributed by atoms with E-state index in [0.717, 1.165) is 47.2 Å². The molecule has 6 aromatic rings. The lowest BCUT2D eigenvalue weighted by molar-refractivity contribution is 0.0985. The van der Waals surface area contributed by atoms with Crippen LogP contribution in [-0.2, 0) is 32.8 Å². The summed E-state index contributed by atoms with van der Waals surface area (Å²) in [7, 11) is -10.1. The van der Waals surface area contributed by atoms with E-state index < -0.39 is 172 Å². The molecule has 0 atom stereocenters. The predicted octanol–water partition coefficient (Wildman–Crippen LogP) is 7.92. The minimum Gasteiger partial charge on any atom is -0.454 e. The van der Waals surface area contributed by atoms with Gasteiger partial charge in [-0.05, 0) is 96.8 Å². The number of thiophene rings is 2. The first-order valence-electron chi connectivity index (χ1n) is 25.9. The maximum absolute atomic E-state index is 13.5. The van der Waals surface area contributed by atoms with Gasteiger partial charge < -0.3 is 28.0 Å². The number of hydrogen-bond acceptors (Lipinski definition) is 16. The van der Waals surface area contributed by atoms with Crippen molar-refractivity contribution < 1.29 is 84.7 Å². The largest absolute Gasteiger partial charge is 0.454 e. The number of Topliss-reactive ketones (excluding diaryl/α,β-unsaturated/α-hetero) is 2. The zero-order valence-corrected chi connectivity index (χ0v) is 32.5. The van der Waals surface area contributed by atoms with Gasteiger partial charge in [-0.2, -0.15) is 0 Å². The molecule has 0 aliphatic carbocycles. The lowest BCUT2D eigenvalue weighted by Gasteiger charge is -2.09. The van der Waals surface area contributed by atoms with Crippen molar-refractivity contribution in [2.75, 3.05) is 22.9 Å². The average molecular weight is 932 g/mol. The molecule has 58 heavy (non-hydrogen) atoms. The third kappa shape index (κ3) is 8.38. The Kier molecular flexibility index (Phi) is 6.10. The Morgan fingerprint density at radius 3 is 1.48 bits per heavy atom. The van der Waals surface area contributed by atoms with Gasteiger partial charge in [0.25, 0.3) is 31.8 Å². The van der Waals surface area contributed by atoms with Crippen LogP contribution in [0.5, 0.6) is 23.0 Å². The Morgan fingerprint density at radius 2 is 1.12 bits per heavy atom. The fourth-order valence-electron chi connectivity index (χ4n) is 4.53. The van der Waals surface area contributed by atoms with Gasteiger partial charge in [-0.25, -0.2) is 26.3 Å². The van der Waals surface area contributed by atoms with E-state index >= 15 is 0 Å². The first-order chi connectivity index (χ1) is 36.2. The van der Waals surface area contributed by atoms with Gasteiger partial charge in [0.2, 0.25) is 13.5 Å². The van der Waals surface area contributed by atoms with Crippen molar-refractivity contribution in [3.05, 3.63) is 101 Å². The number of ketones is 2. The number of benzene rings is 2. The fourth-order valence-corrected chi connectivity index (χ4v) is 9.33. The van der Waals surface area contributed by atoms with Crippen LogP contribution >= 0.6 is 45.9 Å². The summed E-state index contributed by atoms with van der Waals surface area (Å²) in [5.74, 6) is -6.55. The summed E-state index contributed by atoms with van der Waals surface area (Å²) in [5, 5.41) is 6.96. The van der Waals surface area contributed by atoms with Crippen molar-refractivity contribution in [3.8, 4) is 23.0 Å². The zero-order valence-electron chi connectivity index (χ0n) is 49.7. The van der Waals surface area contributed by atoms with Crippen molar-refractivity contribution in [1.29, 1.82) is 0 Å². The van der Waals surface area contributed by atoms with Gasteiger partial charge >= 0.3 is 0 Å². The molecule has 4 aromatic heterocycles. The minimum absolute atomic E-state index is 0.317. The van der Waals surface area contributed by atoms with E-state index in [9.17, 15) is 26.4 Å². The molecule has 0 fully saturated rings. The summed E-state index contributed by atoms with van der Waals surface area (Å²) in [4.78, 5) is 23.7. The number of halogens is 2. The molecule has 8 rings (SSSR count). The number of aromatic nitrogens is 2. The number of ether oxygens (including phenoxy) is 4. The molecular formula is C36H30Cl2N4O12S4. The maximum Gasteiger partial charge on any atom is 0.265 e. The number of anilines is 2. The molecule has 0 bridgehead atoms. The van der Waals surface area contributed by atoms with E-state index in [4.69, 9.17) is 72.4 Å². The highest BCUT2D eigenvalue weighted by Crippen LogP contribution is 2.38. The normalized spacial score (nSPS) is 21.6. The van der Waals surface area contributed by atoms with Crippen LogP contribution in [0.25, 0.3) is 0 Å². The van der Waals surface area contributed by atoms with Crippen molar-refractivity contribution >= 4 is 89.3 Å². The first-order valence-corrected chi connectivity index (χ1v) is 20.4. The number of nitrogens with zero attached hydrogens (tertiary/aromatic N) is 2. The SMILES string of the molecule is [2H]N(c1onc(C([2H])([2H])[2H])c1Cl)S(=O)(=O)c1ccsc1C(=O)C([2H])([2H])c1cc2c(cc1C([2H])([2H])[2H])OC([2H])([2H])O2.[2H]N(c1onc(C([2H])([2H])[2H])c1Cl)S(=O)(=O)c1ccsc1C(=O)C([2H])([2H])c1cc2c(cc1C([2H])([2H])[2H])OC([2H])([2H])O2. The van der Waals surface area contributed by atoms with E-state index in [1.807, 2.05) is 0 Å². The molecule has 22 heteroatoms. The van der Waals surface area contributed by atoms with Gasteiger partial charge in [0.1, 0.15) is 36.7 Å². The molecular weight excluding hydrogens is 880 g/mol. The lowest BCUT2D eigenvalue weighted by atomic mass is 10.0. The highest BCUT2D eigenvalue weighted by atomic mass is 35.5. The Labute approximate surface area is 380 Å². The zero-order chi connectivity index (χ0) is 60.4. The first kappa shape index (κ1) is 21.8. The second kappa shape index (κ2) is 16.3. The summed E-state index contributed by atoms with van der Waals surface area (Å²) < 4.78 is 253. The van der Waals surface area contributed by atoms with Crippen molar-refractivity contribution in [3.63, 3.8) is 0 Å². The van der Waals surface area contributed by atoms with Crippen LogP contribution in [0, 0.1) is 27.4 Å². The summed E-state index contributed by atoms with van der Waals surface area (Å²) in [6.45, 7) is -17.3. The third-order valence-corrected chi connectivity index (χ3v) is 12.5. The Balaban J connectivity index is 0.000000231. The Bertz CT molecular complexity index is 3470. The maximum atomic E-state index is 13.5. The van der Waals surface area contributed by atoms with E-state index in [2.05, 4.69) is 19.4 Å². The number of carbonyl (C=O) groups is 2. The molecule has 0 amide bonds. The molecule has 0 unspecified atom stereocenters. The van der Waals surface area contributed by atoms with Gasteiger partial charge in [0, 0.05) is 34.7 Å². The average Bonchev–Trinajstić information content (AvgIpc) is 4.18. The van der Waals surface area contributed by atoms with Crippen molar-refractivity contribution in [2.24, 2.45) is 0 Å². The summed E-state index contributed by atoms with van der Waals surface area (Å²) in [6.07, 6.45) is -6.45. The number of hydrogen-bond donors (Lipinski definition) is 2. The molecule has 0 saturated heterocycles. The smallest absolute Gasteiger partial charge is 0.265 e. The minimum atomic E-state index is -5.07. The second-order valence-corrected chi connectivity index (χ2v) is 16.6. The number of nitrogens with one attached hydrogen (secondary N) is 2. The van der Waals surface area contributed by atoms with Crippen molar-refractivity contribution in [1.82, 2.24) is 10.3 Å². The number of aryl methyl sites for hydroxylation is 4. The summed E-state index contributed by atoms with van der Waals surface area (Å²) in [6, 6.07) is 4.92. The number of carbonyl (C=O) groups excluding carboxylic acids is 2. The highest BCUT2D eigenvalue weighted by Gasteiger charge is 2.29. The molecule has 304 valence electrons. The third-order valence-electron chi connectivity index (χ3n) is 7.14. The van der Waals surface area contributed by atoms with Crippen LogP contribution in [0.15, 0.2) is 66.0 Å². The second-order valence-electron chi connectivity index (χ2n) is 10.8. The van der Waals surface area contributed by atoms with Crippen LogP contribution in [0.2, 0.25) is 12.9 Å². The van der Waals surface area contributed by atoms with Crippen LogP contribution in [0.1, 0.15) is 80.4 Å². The highest BCUT2D eigenvalue weighted by molar-refractivity contribution is 7.93. The van der Waals surface area contributed by atoms with Crippen LogP contribution in [0.4, 0.5) is 11.8 Å². The number of rotatable bonds is 12. The summed E-state index contributed by atoms with van der Waals surface area (Å²) >= 11 is 12.7. The molecule has 2 aliphatic rings. The van der Waals surface area contributed by atoms with Gasteiger partial charge in [-0.3, -0.25) is 9.59 Å². The molecule has 2 aromatic carbocycles.